The summed E-state index contributed by atoms with van der Waals surface area (Å²) in [4.78, 5) is 18.1. The van der Waals surface area contributed by atoms with Gasteiger partial charge in [-0.2, -0.15) is 0 Å². The lowest BCUT2D eigenvalue weighted by atomic mass is 10.0. The van der Waals surface area contributed by atoms with Gasteiger partial charge in [0, 0.05) is 45.8 Å². The van der Waals surface area contributed by atoms with Gasteiger partial charge in [-0.15, -0.1) is 0 Å². The Morgan fingerprint density at radius 2 is 1.90 bits per heavy atom. The first-order valence-corrected chi connectivity index (χ1v) is 7.92. The lowest BCUT2D eigenvalue weighted by Gasteiger charge is -2.33. The summed E-state index contributed by atoms with van der Waals surface area (Å²) in [6, 6.07) is 1.36. The van der Waals surface area contributed by atoms with E-state index in [4.69, 9.17) is 0 Å². The summed E-state index contributed by atoms with van der Waals surface area (Å²) in [7, 11) is 5.89. The second-order valence-corrected chi connectivity index (χ2v) is 6.52. The van der Waals surface area contributed by atoms with E-state index in [1.807, 2.05) is 14.1 Å². The molecule has 1 atom stereocenters. The van der Waals surface area contributed by atoms with Crippen LogP contribution >= 0.6 is 0 Å². The fourth-order valence-electron chi connectivity index (χ4n) is 3.17. The fraction of sp³-hybridized carbons (Fsp3) is 0.933. The predicted octanol–water partition coefficient (Wildman–Crippen LogP) is 0.223. The topological polar surface area (TPSA) is 38.8 Å². The van der Waals surface area contributed by atoms with E-state index in [1.165, 1.54) is 19.4 Å². The van der Waals surface area contributed by atoms with E-state index >= 15 is 0 Å². The fourth-order valence-corrected chi connectivity index (χ4v) is 3.17. The minimum absolute atomic E-state index is 0.212. The van der Waals surface area contributed by atoms with Crippen LogP contribution in [-0.4, -0.2) is 86.6 Å². The highest BCUT2D eigenvalue weighted by Gasteiger charge is 2.24. The zero-order chi connectivity index (χ0) is 14.5. The first-order chi connectivity index (χ1) is 9.56. The molecule has 5 heteroatoms. The van der Waals surface area contributed by atoms with Gasteiger partial charge in [-0.25, -0.2) is 0 Å². The average Bonchev–Trinajstić information content (AvgIpc) is 2.83. The number of carbonyl (C=O) groups excluding carboxylic acids is 1. The summed E-state index contributed by atoms with van der Waals surface area (Å²) >= 11 is 0. The van der Waals surface area contributed by atoms with Crippen LogP contribution in [0.15, 0.2) is 0 Å². The van der Waals surface area contributed by atoms with Crippen LogP contribution in [0.25, 0.3) is 0 Å². The number of piperidine rings is 1. The van der Waals surface area contributed by atoms with E-state index in [9.17, 15) is 4.79 Å². The number of likely N-dealkylation sites (tertiary alicyclic amines) is 2. The van der Waals surface area contributed by atoms with E-state index in [1.54, 1.807) is 4.90 Å². The smallest absolute Gasteiger partial charge is 0.236 e. The summed E-state index contributed by atoms with van der Waals surface area (Å²) in [5, 5.41) is 3.73. The van der Waals surface area contributed by atoms with Gasteiger partial charge >= 0.3 is 0 Å². The lowest BCUT2D eigenvalue weighted by molar-refractivity contribution is -0.130. The maximum Gasteiger partial charge on any atom is 0.236 e. The molecular formula is C15H30N4O. The average molecular weight is 282 g/mol. The SMILES string of the molecule is CN(C)C(=O)CN1CCC(NCC2CCCN2C)CC1. The Hall–Kier alpha value is -0.650. The van der Waals surface area contributed by atoms with Crippen LogP contribution in [0.3, 0.4) is 0 Å². The van der Waals surface area contributed by atoms with Gasteiger partial charge in [0.2, 0.25) is 5.91 Å². The van der Waals surface area contributed by atoms with Gasteiger partial charge in [0.15, 0.2) is 0 Å². The number of nitrogens with zero attached hydrogens (tertiary/aromatic N) is 3. The molecule has 0 bridgehead atoms. The number of amides is 1. The third-order valence-electron chi connectivity index (χ3n) is 4.76. The van der Waals surface area contributed by atoms with Crippen LogP contribution in [0.4, 0.5) is 0 Å². The molecule has 0 spiro atoms. The molecule has 2 aliphatic rings. The minimum Gasteiger partial charge on any atom is -0.348 e. The minimum atomic E-state index is 0.212. The Morgan fingerprint density at radius 1 is 1.20 bits per heavy atom. The van der Waals surface area contributed by atoms with E-state index in [-0.39, 0.29) is 5.91 Å². The molecule has 5 nitrogen and oxygen atoms in total. The first-order valence-electron chi connectivity index (χ1n) is 7.92. The van der Waals surface area contributed by atoms with Gasteiger partial charge in [0.1, 0.15) is 0 Å². The van der Waals surface area contributed by atoms with Crippen LogP contribution in [0, 0.1) is 0 Å². The van der Waals surface area contributed by atoms with Crippen molar-refractivity contribution in [2.75, 3.05) is 53.9 Å². The number of likely N-dealkylation sites (N-methyl/N-ethyl adjacent to an activating group) is 2. The molecule has 2 saturated heterocycles. The Kier molecular flexibility index (Phi) is 5.81. The third kappa shape index (κ3) is 4.43. The highest BCUT2D eigenvalue weighted by molar-refractivity contribution is 5.77. The van der Waals surface area contributed by atoms with E-state index in [0.29, 0.717) is 12.6 Å². The van der Waals surface area contributed by atoms with E-state index in [0.717, 1.165) is 38.5 Å². The number of hydrogen-bond donors (Lipinski definition) is 1. The largest absolute Gasteiger partial charge is 0.348 e. The van der Waals surface area contributed by atoms with Crippen molar-refractivity contribution in [1.82, 2.24) is 20.0 Å². The second kappa shape index (κ2) is 7.38. The molecule has 2 heterocycles. The Balaban J connectivity index is 1.63. The molecular weight excluding hydrogens is 252 g/mol. The Bertz CT molecular complexity index is 313. The maximum atomic E-state index is 11.7. The molecule has 0 aromatic rings. The Labute approximate surface area is 123 Å². The zero-order valence-corrected chi connectivity index (χ0v) is 13.3. The molecule has 0 saturated carbocycles. The van der Waals surface area contributed by atoms with Crippen LogP contribution in [0.5, 0.6) is 0 Å². The van der Waals surface area contributed by atoms with Crippen molar-refractivity contribution in [1.29, 1.82) is 0 Å². The molecule has 2 rings (SSSR count). The lowest BCUT2D eigenvalue weighted by Crippen LogP contribution is -2.48. The number of nitrogens with one attached hydrogen (secondary N) is 1. The maximum absolute atomic E-state index is 11.7. The quantitative estimate of drug-likeness (QED) is 0.783. The predicted molar refractivity (Wildman–Crippen MR) is 81.8 cm³/mol. The van der Waals surface area contributed by atoms with Crippen molar-refractivity contribution in [3.8, 4) is 0 Å². The zero-order valence-electron chi connectivity index (χ0n) is 13.3. The molecule has 1 N–H and O–H groups in total. The van der Waals surface area contributed by atoms with Crippen molar-refractivity contribution in [3.63, 3.8) is 0 Å². The number of hydrogen-bond acceptors (Lipinski definition) is 4. The molecule has 2 fully saturated rings. The van der Waals surface area contributed by atoms with E-state index < -0.39 is 0 Å². The normalized spacial score (nSPS) is 26.1. The van der Waals surface area contributed by atoms with Gasteiger partial charge in [-0.1, -0.05) is 0 Å². The summed E-state index contributed by atoms with van der Waals surface area (Å²) in [6.45, 7) is 5.02. The summed E-state index contributed by atoms with van der Waals surface area (Å²) in [6.07, 6.45) is 5.00. The molecule has 1 unspecified atom stereocenters. The molecule has 0 aromatic carbocycles. The molecule has 2 aliphatic heterocycles. The van der Waals surface area contributed by atoms with Crippen LogP contribution in [0.2, 0.25) is 0 Å². The molecule has 1 amide bonds. The molecule has 116 valence electrons. The van der Waals surface area contributed by atoms with E-state index in [2.05, 4.69) is 22.2 Å². The first kappa shape index (κ1) is 15.7. The number of rotatable bonds is 5. The van der Waals surface area contributed by atoms with Crippen molar-refractivity contribution in [3.05, 3.63) is 0 Å². The van der Waals surface area contributed by atoms with Gasteiger partial charge in [-0.3, -0.25) is 9.69 Å². The van der Waals surface area contributed by atoms with Gasteiger partial charge in [0.25, 0.3) is 0 Å². The van der Waals surface area contributed by atoms with Gasteiger partial charge < -0.3 is 15.1 Å². The van der Waals surface area contributed by atoms with Crippen molar-refractivity contribution in [2.24, 2.45) is 0 Å². The summed E-state index contributed by atoms with van der Waals surface area (Å²) in [5.41, 5.74) is 0. The van der Waals surface area contributed by atoms with Crippen molar-refractivity contribution in [2.45, 2.75) is 37.8 Å². The highest BCUT2D eigenvalue weighted by atomic mass is 16.2. The Morgan fingerprint density at radius 3 is 2.45 bits per heavy atom. The van der Waals surface area contributed by atoms with Crippen LogP contribution in [-0.2, 0) is 4.79 Å². The summed E-state index contributed by atoms with van der Waals surface area (Å²) in [5.74, 6) is 0.212. The molecule has 0 aliphatic carbocycles. The van der Waals surface area contributed by atoms with Gasteiger partial charge in [-0.05, 0) is 39.3 Å². The van der Waals surface area contributed by atoms with Crippen molar-refractivity contribution < 1.29 is 4.79 Å². The van der Waals surface area contributed by atoms with Crippen LogP contribution in [0.1, 0.15) is 25.7 Å². The molecule has 0 aromatic heterocycles. The molecule has 20 heavy (non-hydrogen) atoms. The van der Waals surface area contributed by atoms with Gasteiger partial charge in [0.05, 0.1) is 6.54 Å². The standard InChI is InChI=1S/C15H30N4O/c1-17(2)15(20)12-19-9-6-13(7-10-19)16-11-14-5-4-8-18(14)3/h13-14,16H,4-12H2,1-3H3. The van der Waals surface area contributed by atoms with Crippen LogP contribution < -0.4 is 5.32 Å². The van der Waals surface area contributed by atoms with Crippen molar-refractivity contribution >= 4 is 5.91 Å². The summed E-state index contributed by atoms with van der Waals surface area (Å²) < 4.78 is 0. The monoisotopic (exact) mass is 282 g/mol. The number of carbonyl (C=O) groups is 1. The second-order valence-electron chi connectivity index (χ2n) is 6.52. The third-order valence-corrected chi connectivity index (χ3v) is 4.76. The molecule has 0 radical (unpaired) electrons. The highest BCUT2D eigenvalue weighted by Crippen LogP contribution is 2.15.